The maximum atomic E-state index is 15.1. The molecule has 0 amide bonds. The Morgan fingerprint density at radius 3 is 0.813 bits per heavy atom. The fourth-order valence-corrected chi connectivity index (χ4v) is 23.5. The number of carbonyl (C=O) groups excluding carboxylic acids is 5. The fraction of sp³-hybridized carbons (Fsp3) is 0.917. The number of unbranched alkanes of at least 4 members (excludes halogenated alkanes) is 69. The smallest absolute Gasteiger partial charge is 0.333 e. The van der Waals surface area contributed by atoms with Gasteiger partial charge in [0.05, 0.1) is 18.6 Å². The first-order chi connectivity index (χ1) is 72.7. The first-order valence-electron chi connectivity index (χ1n) is 65.3. The van der Waals surface area contributed by atoms with Gasteiger partial charge in [0.1, 0.15) is 31.0 Å². The Balaban J connectivity index is 2.70. The van der Waals surface area contributed by atoms with E-state index in [-0.39, 0.29) is 47.2 Å². The Bertz CT molecular complexity index is 3220. The van der Waals surface area contributed by atoms with Crippen LogP contribution in [-0.2, 0) is 61.9 Å². The average Bonchev–Trinajstić information content (AvgIpc) is 0.768. The lowest BCUT2D eigenvalue weighted by molar-refractivity contribution is -0.377. The van der Waals surface area contributed by atoms with Crippen molar-refractivity contribution in [3.63, 3.8) is 0 Å². The van der Waals surface area contributed by atoms with Gasteiger partial charge in [0.25, 0.3) is 0 Å². The number of carbonyl (C=O) groups is 5. The Morgan fingerprint density at radius 1 is 0.280 bits per heavy atom. The molecule has 0 aromatic carbocycles. The number of esters is 5. The predicted molar refractivity (Wildman–Crippen MR) is 629 cm³/mol. The molecule has 0 saturated carbocycles. The third-order valence-electron chi connectivity index (χ3n) is 33.1. The molecule has 0 aromatic heterocycles. The second-order valence-corrected chi connectivity index (χ2v) is 49.0. The molecule has 150 heavy (non-hydrogen) atoms. The number of aliphatic hydroxyl groups is 4. The molecule has 2 aliphatic heterocycles. The summed E-state index contributed by atoms with van der Waals surface area (Å²) in [6.07, 6.45) is 87.8. The van der Waals surface area contributed by atoms with Crippen LogP contribution < -0.4 is 0 Å². The Kier molecular flexibility index (Phi) is 92.4. The lowest BCUT2D eigenvalue weighted by Gasteiger charge is -2.47. The Hall–Kier alpha value is -3.71. The molecule has 4 N–H and O–H groups in total. The zero-order valence-corrected chi connectivity index (χ0v) is 101. The molecule has 0 spiro atoms. The fourth-order valence-electron chi connectivity index (χ4n) is 23.5. The monoisotopic (exact) mass is 2120 g/mol. The highest BCUT2D eigenvalue weighted by molar-refractivity contribution is 5.89. The van der Waals surface area contributed by atoms with Gasteiger partial charge in [0.15, 0.2) is 24.4 Å². The molecule has 2 rings (SSSR count). The summed E-state index contributed by atoms with van der Waals surface area (Å²) in [6, 6.07) is 0. The third kappa shape index (κ3) is 74.6. The van der Waals surface area contributed by atoms with Crippen LogP contribution in [0.3, 0.4) is 0 Å². The minimum atomic E-state index is -1.98. The molecular weight excluding hydrogens is 1870 g/mol. The van der Waals surface area contributed by atoms with E-state index in [1.165, 1.54) is 405 Å². The van der Waals surface area contributed by atoms with Gasteiger partial charge in [0, 0.05) is 23.1 Å². The number of allylic oxidation sites excluding steroid dienone is 3. The predicted octanol–water partition coefficient (Wildman–Crippen LogP) is 37.8. The first-order valence-corrected chi connectivity index (χ1v) is 65.3. The molecule has 17 nitrogen and oxygen atoms in total. The Morgan fingerprint density at radius 2 is 0.527 bits per heavy atom. The highest BCUT2D eigenvalue weighted by atomic mass is 16.8. The van der Waals surface area contributed by atoms with Crippen molar-refractivity contribution in [3.05, 3.63) is 34.9 Å². The molecule has 2 aliphatic rings. The minimum absolute atomic E-state index is 0.0302. The number of ether oxygens (including phenoxy) is 8. The van der Waals surface area contributed by atoms with Crippen molar-refractivity contribution >= 4 is 29.8 Å². The zero-order valence-electron chi connectivity index (χ0n) is 101. The van der Waals surface area contributed by atoms with Crippen molar-refractivity contribution in [2.45, 2.75) is 718 Å². The lowest BCUT2D eigenvalue weighted by atomic mass is 9.85. The van der Waals surface area contributed by atoms with Gasteiger partial charge in [-0.1, -0.05) is 603 Å². The van der Waals surface area contributed by atoms with Crippen molar-refractivity contribution in [2.75, 3.05) is 13.2 Å². The van der Waals surface area contributed by atoms with E-state index in [9.17, 15) is 34.8 Å². The zero-order chi connectivity index (χ0) is 110. The van der Waals surface area contributed by atoms with E-state index in [0.717, 1.165) is 109 Å². The number of hydrogen-bond acceptors (Lipinski definition) is 17. The molecule has 882 valence electrons. The van der Waals surface area contributed by atoms with Gasteiger partial charge in [-0.2, -0.15) is 0 Å². The van der Waals surface area contributed by atoms with Crippen molar-refractivity contribution in [3.8, 4) is 0 Å². The topological polar surface area (TPSA) is 240 Å². The van der Waals surface area contributed by atoms with Crippen molar-refractivity contribution < 1.29 is 82.3 Å². The molecule has 2 saturated heterocycles. The molecule has 4 unspecified atom stereocenters. The van der Waals surface area contributed by atoms with Gasteiger partial charge >= 0.3 is 29.8 Å². The number of hydrogen-bond donors (Lipinski definition) is 4. The lowest BCUT2D eigenvalue weighted by Crippen LogP contribution is -2.66. The Labute approximate surface area is 926 Å². The van der Waals surface area contributed by atoms with E-state index in [2.05, 4.69) is 83.1 Å². The van der Waals surface area contributed by atoms with Crippen LogP contribution in [-0.4, -0.2) is 131 Å². The van der Waals surface area contributed by atoms with Crippen molar-refractivity contribution in [1.82, 2.24) is 0 Å². The summed E-state index contributed by atoms with van der Waals surface area (Å²) in [5.41, 5.74) is 0.837. The van der Waals surface area contributed by atoms with Crippen LogP contribution in [0.25, 0.3) is 0 Å². The highest BCUT2D eigenvalue weighted by Crippen LogP contribution is 2.38. The molecule has 0 aliphatic carbocycles. The molecule has 0 bridgehead atoms. The standard InChI is InChI=1S/C133H248O17/c1-18-23-28-33-38-43-48-53-57-59-61-65-69-74-79-84-89-94-108(8)99-112(12)103-116(16)130(141)149-126-123(138)124(147-131(142)117(17)121(136)113(13)100-109(9)95-90-85-80-75-70-66-60-58-54-49-44-39-34-29-24-19-2)118(104-134)144-132(126)150-133-127(146-120(135)96-91-86-81-76-71-62-52-47-42-37-32-27-22-5)125(148-129(140)115(15)102-111(11)98-107(7)93-88-83-78-73-68-64-56-51-46-41-36-31-26-21-4)122(137)119(145-133)105-143-128(139)114(14)101-110(10)97-106(6)92-87-82-77-72-67-63-55-50-45-40-35-30-25-20-3/h101-103,106-113,117-119,121-127,132-134,136-138H,18-100,104-105H2,1-17H3/b114-101+,115-102+,116-103+/t106-,107-,108-,109-,110-,111-,112-,113-,117-,118?,119?,121-,122+,123?,124+,125?,126-,127+,132+,133+/m0/s1. The normalized spacial score (nSPS) is 20.4. The molecular formula is C133H248O17. The second kappa shape index (κ2) is 97.3. The number of aliphatic hydroxyl groups excluding tert-OH is 4. The first kappa shape index (κ1) is 142. The third-order valence-corrected chi connectivity index (χ3v) is 33.1. The summed E-state index contributed by atoms with van der Waals surface area (Å²) >= 11 is 0. The summed E-state index contributed by atoms with van der Waals surface area (Å²) < 4.78 is 52.2. The minimum Gasteiger partial charge on any atom is -0.459 e. The van der Waals surface area contributed by atoms with Crippen molar-refractivity contribution in [1.29, 1.82) is 0 Å². The molecule has 0 radical (unpaired) electrons. The van der Waals surface area contributed by atoms with Crippen LogP contribution in [0.15, 0.2) is 34.9 Å². The summed E-state index contributed by atoms with van der Waals surface area (Å²) in [4.78, 5) is 74.3. The maximum Gasteiger partial charge on any atom is 0.333 e. The quantitative estimate of drug-likeness (QED) is 0.0192. The van der Waals surface area contributed by atoms with Gasteiger partial charge in [-0.3, -0.25) is 9.59 Å². The van der Waals surface area contributed by atoms with Crippen LogP contribution in [0.2, 0.25) is 0 Å². The van der Waals surface area contributed by atoms with Gasteiger partial charge in [0.2, 0.25) is 12.6 Å². The molecule has 2 heterocycles. The summed E-state index contributed by atoms with van der Waals surface area (Å²) in [7, 11) is 0. The van der Waals surface area contributed by atoms with Crippen LogP contribution in [0.5, 0.6) is 0 Å². The summed E-state index contributed by atoms with van der Waals surface area (Å²) in [6.45, 7) is 33.7. The molecule has 17 heteroatoms. The number of rotatable bonds is 105. The average molecular weight is 2120 g/mol. The van der Waals surface area contributed by atoms with E-state index >= 15 is 9.59 Å². The van der Waals surface area contributed by atoms with Gasteiger partial charge in [-0.05, 0) is 107 Å². The van der Waals surface area contributed by atoms with E-state index in [0.29, 0.717) is 36.2 Å². The van der Waals surface area contributed by atoms with Crippen LogP contribution in [0, 0.1) is 53.3 Å². The molecule has 20 atom stereocenters. The van der Waals surface area contributed by atoms with Gasteiger partial charge in [-0.15, -0.1) is 0 Å². The van der Waals surface area contributed by atoms with Crippen LogP contribution in [0.1, 0.15) is 651 Å². The summed E-state index contributed by atoms with van der Waals surface area (Å²) in [5.74, 6) is -3.98. The van der Waals surface area contributed by atoms with E-state index in [1.54, 1.807) is 27.7 Å². The van der Waals surface area contributed by atoms with Gasteiger partial charge < -0.3 is 58.3 Å². The summed E-state index contributed by atoms with van der Waals surface area (Å²) in [5, 5.41) is 49.7. The van der Waals surface area contributed by atoms with Crippen LogP contribution >= 0.6 is 0 Å². The highest BCUT2D eigenvalue weighted by Gasteiger charge is 2.56. The van der Waals surface area contributed by atoms with E-state index in [1.807, 2.05) is 25.2 Å². The maximum absolute atomic E-state index is 15.1. The molecule has 2 fully saturated rings. The van der Waals surface area contributed by atoms with Gasteiger partial charge in [-0.25, -0.2) is 14.4 Å². The van der Waals surface area contributed by atoms with Crippen LogP contribution in [0.4, 0.5) is 0 Å². The van der Waals surface area contributed by atoms with E-state index in [4.69, 9.17) is 37.9 Å². The largest absolute Gasteiger partial charge is 0.459 e. The second-order valence-electron chi connectivity index (χ2n) is 49.0. The van der Waals surface area contributed by atoms with E-state index < -0.39 is 116 Å². The molecule has 0 aromatic rings. The SMILES string of the molecule is CCCCCCCCCCCCCCCCCCC[C@H](C)C[C@H](C)/C=C(\C)C(=O)O[C@H]1C(O)[C@H](OC(=O)[C@@H](C)[C@@H](O)[C@@H](C)C[C@@H](C)CCCCCCCCCCCCCCCCCC)C(CO)O[C@@H]1O[C@H]1OC(COC(=O)/C(C)=C/[C@@H](C)C[C@@H](C)CCCCCCCCCCCCCCCC)[C@@H](O)C(OC(=O)/C(C)=C/[C@@H](C)C[C@@H](C)CCCCCCCCCCCCCCCC)[C@H]1OC(=O)CCCCCCCCCCCCCCC. The van der Waals surface area contributed by atoms with Crippen molar-refractivity contribution in [2.24, 2.45) is 53.3 Å².